The van der Waals surface area contributed by atoms with Crippen molar-refractivity contribution < 1.29 is 33.4 Å². The van der Waals surface area contributed by atoms with Crippen LogP contribution in [0.5, 0.6) is 5.75 Å². The highest BCUT2D eigenvalue weighted by molar-refractivity contribution is 5.88. The van der Waals surface area contributed by atoms with Crippen molar-refractivity contribution in [3.63, 3.8) is 0 Å². The molecule has 2 aliphatic heterocycles. The molecule has 12 nitrogen and oxygen atoms in total. The zero-order valence-corrected chi connectivity index (χ0v) is 28.9. The van der Waals surface area contributed by atoms with Gasteiger partial charge in [-0.3, -0.25) is 24.1 Å². The van der Waals surface area contributed by atoms with Crippen LogP contribution in [0.15, 0.2) is 24.3 Å². The van der Waals surface area contributed by atoms with Crippen LogP contribution in [-0.2, 0) is 35.2 Å². The van der Waals surface area contributed by atoms with E-state index in [2.05, 4.69) is 32.2 Å². The highest BCUT2D eigenvalue weighted by Crippen LogP contribution is 2.30. The zero-order valence-electron chi connectivity index (χ0n) is 28.9. The van der Waals surface area contributed by atoms with Gasteiger partial charge < -0.3 is 35.5 Å². The average molecular weight is 660 g/mol. The lowest BCUT2D eigenvalue weighted by Gasteiger charge is -2.39. The summed E-state index contributed by atoms with van der Waals surface area (Å²) in [7, 11) is 1.66. The second-order valence-corrected chi connectivity index (χ2v) is 13.9. The number of hydrogen-bond acceptors (Lipinski definition) is 8. The van der Waals surface area contributed by atoms with E-state index in [9.17, 15) is 19.2 Å². The quantitative estimate of drug-likeness (QED) is 0.296. The van der Waals surface area contributed by atoms with E-state index in [-0.39, 0.29) is 54.1 Å². The SMILES string of the molecule is COc1cccc(CN2CC[C@H]3CC(=O)NCCOCCOCC(=O)N[C@@H](CCCCNC(=O)CC(C)(C)C)C(=O)NCC[C@H]3C2)c1. The second-order valence-electron chi connectivity index (χ2n) is 13.9. The van der Waals surface area contributed by atoms with Crippen molar-refractivity contribution in [3.8, 4) is 5.75 Å². The minimum Gasteiger partial charge on any atom is -0.497 e. The summed E-state index contributed by atoms with van der Waals surface area (Å²) in [6.45, 7) is 10.6. The van der Waals surface area contributed by atoms with Gasteiger partial charge in [0, 0.05) is 45.6 Å². The number of methoxy groups -OCH3 is 1. The topological polar surface area (TPSA) is 147 Å². The monoisotopic (exact) mass is 659 g/mol. The first-order valence-electron chi connectivity index (χ1n) is 17.1. The zero-order chi connectivity index (χ0) is 34.1. The van der Waals surface area contributed by atoms with Crippen LogP contribution in [0.1, 0.15) is 71.3 Å². The van der Waals surface area contributed by atoms with Gasteiger partial charge in [-0.1, -0.05) is 32.9 Å². The van der Waals surface area contributed by atoms with Crippen LogP contribution in [0.2, 0.25) is 0 Å². The molecule has 1 aromatic rings. The summed E-state index contributed by atoms with van der Waals surface area (Å²) in [5, 5.41) is 11.8. The number of hydrogen-bond donors (Lipinski definition) is 4. The van der Waals surface area contributed by atoms with E-state index in [1.54, 1.807) is 7.11 Å². The van der Waals surface area contributed by atoms with E-state index in [0.717, 1.165) is 31.8 Å². The summed E-state index contributed by atoms with van der Waals surface area (Å²) in [4.78, 5) is 53.4. The number of carbonyl (C=O) groups excluding carboxylic acids is 4. The van der Waals surface area contributed by atoms with Crippen LogP contribution in [-0.4, -0.2) is 101 Å². The molecule has 12 heteroatoms. The van der Waals surface area contributed by atoms with Gasteiger partial charge in [-0.05, 0) is 73.6 Å². The van der Waals surface area contributed by atoms with Crippen LogP contribution in [0.4, 0.5) is 0 Å². The molecule has 2 fully saturated rings. The Labute approximate surface area is 280 Å². The van der Waals surface area contributed by atoms with Gasteiger partial charge in [0.2, 0.25) is 23.6 Å². The van der Waals surface area contributed by atoms with Crippen molar-refractivity contribution >= 4 is 23.6 Å². The minimum absolute atomic E-state index is 0.00695. The molecule has 1 aromatic carbocycles. The normalized spacial score (nSPS) is 23.1. The summed E-state index contributed by atoms with van der Waals surface area (Å²) in [5.41, 5.74) is 1.08. The smallest absolute Gasteiger partial charge is 0.246 e. The largest absolute Gasteiger partial charge is 0.497 e. The number of piperidine rings is 1. The third-order valence-electron chi connectivity index (χ3n) is 8.54. The van der Waals surface area contributed by atoms with Crippen LogP contribution in [0.25, 0.3) is 0 Å². The maximum atomic E-state index is 13.4. The first-order valence-corrected chi connectivity index (χ1v) is 17.1. The predicted molar refractivity (Wildman–Crippen MR) is 180 cm³/mol. The Morgan fingerprint density at radius 2 is 1.81 bits per heavy atom. The van der Waals surface area contributed by atoms with Crippen molar-refractivity contribution in [2.24, 2.45) is 17.3 Å². The number of amides is 4. The van der Waals surface area contributed by atoms with Gasteiger partial charge in [0.15, 0.2) is 0 Å². The molecule has 2 heterocycles. The van der Waals surface area contributed by atoms with E-state index >= 15 is 0 Å². The van der Waals surface area contributed by atoms with Gasteiger partial charge in [-0.15, -0.1) is 0 Å². The Hall–Kier alpha value is -3.22. The Morgan fingerprint density at radius 3 is 2.60 bits per heavy atom. The molecule has 2 aliphatic rings. The van der Waals surface area contributed by atoms with Crippen LogP contribution >= 0.6 is 0 Å². The van der Waals surface area contributed by atoms with Crippen molar-refractivity contribution in [1.29, 1.82) is 0 Å². The summed E-state index contributed by atoms with van der Waals surface area (Å²) in [6, 6.07) is 7.35. The molecule has 0 unspecified atom stereocenters. The number of ether oxygens (including phenoxy) is 3. The van der Waals surface area contributed by atoms with Gasteiger partial charge in [0.25, 0.3) is 0 Å². The molecule has 2 saturated heterocycles. The third kappa shape index (κ3) is 15.5. The molecule has 0 radical (unpaired) electrons. The number of fused-ring (bicyclic) bond motifs is 1. The predicted octanol–water partition coefficient (Wildman–Crippen LogP) is 2.40. The highest BCUT2D eigenvalue weighted by Gasteiger charge is 2.31. The minimum atomic E-state index is -0.716. The molecule has 0 spiro atoms. The van der Waals surface area contributed by atoms with E-state index in [0.29, 0.717) is 71.4 Å². The van der Waals surface area contributed by atoms with Gasteiger partial charge in [0.1, 0.15) is 18.4 Å². The second kappa shape index (κ2) is 20.2. The number of nitrogens with one attached hydrogen (secondary N) is 4. The summed E-state index contributed by atoms with van der Waals surface area (Å²) >= 11 is 0. The lowest BCUT2D eigenvalue weighted by Crippen LogP contribution is -2.49. The van der Waals surface area contributed by atoms with Crippen LogP contribution < -0.4 is 26.0 Å². The lowest BCUT2D eigenvalue weighted by molar-refractivity contribution is -0.132. The first-order chi connectivity index (χ1) is 22.5. The Bertz CT molecular complexity index is 1140. The van der Waals surface area contributed by atoms with E-state index in [4.69, 9.17) is 14.2 Å². The Morgan fingerprint density at radius 1 is 1.00 bits per heavy atom. The maximum absolute atomic E-state index is 13.4. The van der Waals surface area contributed by atoms with Crippen molar-refractivity contribution in [2.45, 2.75) is 78.3 Å². The van der Waals surface area contributed by atoms with Crippen molar-refractivity contribution in [1.82, 2.24) is 26.2 Å². The molecular weight excluding hydrogens is 602 g/mol. The number of carbonyl (C=O) groups is 4. The van der Waals surface area contributed by atoms with Crippen molar-refractivity contribution in [3.05, 3.63) is 29.8 Å². The fraction of sp³-hybridized carbons (Fsp3) is 0.714. The highest BCUT2D eigenvalue weighted by atomic mass is 16.5. The molecule has 0 aromatic heterocycles. The fourth-order valence-corrected chi connectivity index (χ4v) is 6.14. The molecule has 47 heavy (non-hydrogen) atoms. The van der Waals surface area contributed by atoms with Gasteiger partial charge in [0.05, 0.1) is 26.9 Å². The van der Waals surface area contributed by atoms with Crippen LogP contribution in [0, 0.1) is 17.3 Å². The molecule has 0 bridgehead atoms. The maximum Gasteiger partial charge on any atom is 0.246 e. The van der Waals surface area contributed by atoms with Crippen LogP contribution in [0.3, 0.4) is 0 Å². The van der Waals surface area contributed by atoms with Gasteiger partial charge >= 0.3 is 0 Å². The Kier molecular flexibility index (Phi) is 16.4. The number of nitrogens with zero attached hydrogens (tertiary/aromatic N) is 1. The Balaban J connectivity index is 1.61. The van der Waals surface area contributed by atoms with Crippen molar-refractivity contribution in [2.75, 3.05) is 66.3 Å². The fourth-order valence-electron chi connectivity index (χ4n) is 6.14. The number of likely N-dealkylation sites (tertiary alicyclic amines) is 1. The number of rotatable bonds is 9. The van der Waals surface area contributed by atoms with E-state index < -0.39 is 6.04 Å². The molecule has 0 saturated carbocycles. The first kappa shape index (κ1) is 38.2. The average Bonchev–Trinajstić information content (AvgIpc) is 3.01. The van der Waals surface area contributed by atoms with E-state index in [1.807, 2.05) is 39.0 Å². The molecule has 0 aliphatic carbocycles. The lowest BCUT2D eigenvalue weighted by atomic mass is 9.80. The number of benzene rings is 1. The van der Waals surface area contributed by atoms with Gasteiger partial charge in [-0.25, -0.2) is 0 Å². The molecular formula is C35H57N5O7. The summed E-state index contributed by atoms with van der Waals surface area (Å²) in [5.74, 6) is 0.630. The third-order valence-corrected chi connectivity index (χ3v) is 8.54. The van der Waals surface area contributed by atoms with E-state index in [1.165, 1.54) is 5.56 Å². The summed E-state index contributed by atoms with van der Waals surface area (Å²) in [6.07, 6.45) is 4.26. The molecule has 4 N–H and O–H groups in total. The standard InChI is InChI=1S/C35H57N5O7/c1-35(2,3)22-32(42)36-13-6-5-10-30-34(44)38-14-11-28-24-40(23-26-8-7-9-29(20-26)45-4)16-12-27(28)21-31(41)37-15-17-46-18-19-47-25-33(43)39-30/h7-9,20,27-28,30H,5-6,10-19,21-25H2,1-4H3,(H,36,42)(H,37,41)(H,38,44)(H,39,43)/t27-,28-,30-/m0/s1. The molecule has 4 amide bonds. The molecule has 3 rings (SSSR count). The van der Waals surface area contributed by atoms with Gasteiger partial charge in [-0.2, -0.15) is 0 Å². The molecule has 3 atom stereocenters. The molecule has 264 valence electrons. The summed E-state index contributed by atoms with van der Waals surface area (Å²) < 4.78 is 16.4. The number of unbranched alkanes of at least 4 members (excludes halogenated alkanes) is 1.